The average Bonchev–Trinajstić information content (AvgIpc) is 2.94. The van der Waals surface area contributed by atoms with E-state index in [-0.39, 0.29) is 37.1 Å². The fourth-order valence-electron chi connectivity index (χ4n) is 2.79. The number of imide groups is 1. The second-order valence-corrected chi connectivity index (χ2v) is 7.27. The van der Waals surface area contributed by atoms with E-state index >= 15 is 0 Å². The van der Waals surface area contributed by atoms with Gasteiger partial charge in [0.05, 0.1) is 6.54 Å². The summed E-state index contributed by atoms with van der Waals surface area (Å²) in [5, 5.41) is 2.79. The zero-order valence-corrected chi connectivity index (χ0v) is 16.5. The summed E-state index contributed by atoms with van der Waals surface area (Å²) in [4.78, 5) is 36.7. The summed E-state index contributed by atoms with van der Waals surface area (Å²) in [6.45, 7) is 2.28. The Hall–Kier alpha value is -2.73. The van der Waals surface area contributed by atoms with Crippen molar-refractivity contribution < 1.29 is 14.4 Å². The number of benzene rings is 2. The zero-order valence-electron chi connectivity index (χ0n) is 14.9. The Morgan fingerprint density at radius 2 is 1.78 bits per heavy atom. The Labute approximate surface area is 166 Å². The van der Waals surface area contributed by atoms with Crippen LogP contribution in [0.3, 0.4) is 0 Å². The minimum atomic E-state index is -0.236. The van der Waals surface area contributed by atoms with Crippen molar-refractivity contribution in [2.75, 3.05) is 5.32 Å². The molecular weight excluding hydrogens is 408 g/mol. The number of rotatable bonds is 5. The maximum Gasteiger partial charge on any atom is 0.248 e. The molecule has 3 amide bonds. The number of hydrogen-bond donors (Lipinski definition) is 1. The molecule has 1 N–H and O–H groups in total. The SMILES string of the molecule is Cc1ccc(/C=C/C(=O)Nc2ccc(CN3C(=O)CCC3=O)cc2)c(Br)c1. The van der Waals surface area contributed by atoms with Crippen molar-refractivity contribution in [3.8, 4) is 0 Å². The van der Waals surface area contributed by atoms with Gasteiger partial charge < -0.3 is 5.32 Å². The summed E-state index contributed by atoms with van der Waals surface area (Å²) in [5.74, 6) is -0.505. The molecule has 0 spiro atoms. The highest BCUT2D eigenvalue weighted by Gasteiger charge is 2.28. The number of amides is 3. The second kappa shape index (κ2) is 8.31. The van der Waals surface area contributed by atoms with E-state index in [2.05, 4.69) is 21.2 Å². The number of hydrogen-bond acceptors (Lipinski definition) is 3. The molecule has 1 saturated heterocycles. The number of anilines is 1. The van der Waals surface area contributed by atoms with Gasteiger partial charge in [0, 0.05) is 29.1 Å². The third kappa shape index (κ3) is 4.92. The van der Waals surface area contributed by atoms with Crippen molar-refractivity contribution in [2.24, 2.45) is 0 Å². The molecule has 0 saturated carbocycles. The first-order valence-electron chi connectivity index (χ1n) is 8.60. The van der Waals surface area contributed by atoms with Gasteiger partial charge in [0.2, 0.25) is 17.7 Å². The Balaban J connectivity index is 1.59. The van der Waals surface area contributed by atoms with Crippen molar-refractivity contribution in [1.29, 1.82) is 0 Å². The third-order valence-corrected chi connectivity index (χ3v) is 4.97. The second-order valence-electron chi connectivity index (χ2n) is 6.42. The lowest BCUT2D eigenvalue weighted by molar-refractivity contribution is -0.139. The highest BCUT2D eigenvalue weighted by molar-refractivity contribution is 9.10. The topological polar surface area (TPSA) is 66.5 Å². The van der Waals surface area contributed by atoms with Crippen molar-refractivity contribution >= 4 is 45.4 Å². The van der Waals surface area contributed by atoms with Crippen molar-refractivity contribution in [1.82, 2.24) is 4.90 Å². The third-order valence-electron chi connectivity index (χ3n) is 4.29. The van der Waals surface area contributed by atoms with Crippen LogP contribution in [0.2, 0.25) is 0 Å². The Morgan fingerprint density at radius 1 is 1.11 bits per heavy atom. The molecule has 1 aliphatic heterocycles. The largest absolute Gasteiger partial charge is 0.323 e. The lowest BCUT2D eigenvalue weighted by Gasteiger charge is -2.14. The number of aryl methyl sites for hydroxylation is 1. The molecule has 0 radical (unpaired) electrons. The molecule has 2 aromatic carbocycles. The molecule has 6 heteroatoms. The van der Waals surface area contributed by atoms with Crippen LogP contribution in [-0.2, 0) is 20.9 Å². The minimum Gasteiger partial charge on any atom is -0.323 e. The normalized spacial score (nSPS) is 14.2. The summed E-state index contributed by atoms with van der Waals surface area (Å²) < 4.78 is 0.932. The number of likely N-dealkylation sites (tertiary alicyclic amines) is 1. The monoisotopic (exact) mass is 426 g/mol. The van der Waals surface area contributed by atoms with E-state index in [1.54, 1.807) is 30.3 Å². The van der Waals surface area contributed by atoms with E-state index in [1.807, 2.05) is 25.1 Å². The van der Waals surface area contributed by atoms with Gasteiger partial charge in [0.25, 0.3) is 0 Å². The van der Waals surface area contributed by atoms with Crippen LogP contribution in [0.1, 0.15) is 29.5 Å². The van der Waals surface area contributed by atoms with Crippen LogP contribution in [0.5, 0.6) is 0 Å². The van der Waals surface area contributed by atoms with E-state index in [4.69, 9.17) is 0 Å². The van der Waals surface area contributed by atoms with Gasteiger partial charge in [-0.1, -0.05) is 40.2 Å². The highest BCUT2D eigenvalue weighted by atomic mass is 79.9. The summed E-state index contributed by atoms with van der Waals surface area (Å²) in [7, 11) is 0. The number of nitrogens with one attached hydrogen (secondary N) is 1. The van der Waals surface area contributed by atoms with Crippen LogP contribution in [0.4, 0.5) is 5.69 Å². The number of carbonyl (C=O) groups excluding carboxylic acids is 3. The molecule has 1 heterocycles. The molecule has 0 bridgehead atoms. The molecule has 0 atom stereocenters. The van der Waals surface area contributed by atoms with Crippen molar-refractivity contribution in [2.45, 2.75) is 26.3 Å². The van der Waals surface area contributed by atoms with Crippen LogP contribution >= 0.6 is 15.9 Å². The van der Waals surface area contributed by atoms with Crippen molar-refractivity contribution in [3.63, 3.8) is 0 Å². The van der Waals surface area contributed by atoms with Gasteiger partial charge in [-0.25, -0.2) is 0 Å². The maximum absolute atomic E-state index is 12.1. The van der Waals surface area contributed by atoms with E-state index in [0.717, 1.165) is 21.2 Å². The van der Waals surface area contributed by atoms with E-state index < -0.39 is 0 Å². The standard InChI is InChI=1S/C21H19BrN2O3/c1-14-2-5-16(18(22)12-14)6-9-19(25)23-17-7-3-15(4-8-17)13-24-20(26)10-11-21(24)27/h2-9,12H,10-11,13H2,1H3,(H,23,25)/b9-6+. The summed E-state index contributed by atoms with van der Waals surface area (Å²) >= 11 is 3.48. The van der Waals surface area contributed by atoms with Crippen LogP contribution < -0.4 is 5.32 Å². The molecule has 3 rings (SSSR count). The van der Waals surface area contributed by atoms with Gasteiger partial charge >= 0.3 is 0 Å². The van der Waals surface area contributed by atoms with Gasteiger partial charge in [-0.2, -0.15) is 0 Å². The molecule has 0 unspecified atom stereocenters. The Kier molecular flexibility index (Phi) is 5.86. The van der Waals surface area contributed by atoms with Gasteiger partial charge in [-0.3, -0.25) is 19.3 Å². The highest BCUT2D eigenvalue weighted by Crippen LogP contribution is 2.20. The molecular formula is C21H19BrN2O3. The predicted octanol–water partition coefficient (Wildman–Crippen LogP) is 4.06. The van der Waals surface area contributed by atoms with Crippen LogP contribution in [0.15, 0.2) is 53.0 Å². The summed E-state index contributed by atoms with van der Waals surface area (Å²) in [6, 6.07) is 13.0. The first-order valence-corrected chi connectivity index (χ1v) is 9.39. The van der Waals surface area contributed by atoms with Gasteiger partial charge in [-0.15, -0.1) is 0 Å². The number of halogens is 1. The minimum absolute atomic E-state index is 0.134. The molecule has 27 heavy (non-hydrogen) atoms. The van der Waals surface area contributed by atoms with Crippen LogP contribution in [0, 0.1) is 6.92 Å². The fourth-order valence-corrected chi connectivity index (χ4v) is 3.42. The zero-order chi connectivity index (χ0) is 19.4. The Morgan fingerprint density at radius 3 is 2.41 bits per heavy atom. The van der Waals surface area contributed by atoms with E-state index in [0.29, 0.717) is 5.69 Å². The molecule has 2 aromatic rings. The number of carbonyl (C=O) groups is 3. The van der Waals surface area contributed by atoms with Gasteiger partial charge in [0.15, 0.2) is 0 Å². The molecule has 0 aromatic heterocycles. The molecule has 5 nitrogen and oxygen atoms in total. The van der Waals surface area contributed by atoms with E-state index in [9.17, 15) is 14.4 Å². The lowest BCUT2D eigenvalue weighted by atomic mass is 10.1. The molecule has 0 aliphatic carbocycles. The van der Waals surface area contributed by atoms with Crippen LogP contribution in [-0.4, -0.2) is 22.6 Å². The van der Waals surface area contributed by atoms with Crippen molar-refractivity contribution in [3.05, 3.63) is 69.7 Å². The predicted molar refractivity (Wildman–Crippen MR) is 108 cm³/mol. The number of nitrogens with zero attached hydrogens (tertiary/aromatic N) is 1. The van der Waals surface area contributed by atoms with Gasteiger partial charge in [0.1, 0.15) is 0 Å². The quantitative estimate of drug-likeness (QED) is 0.578. The molecule has 1 aliphatic rings. The first kappa shape index (κ1) is 19.0. The molecule has 1 fully saturated rings. The smallest absolute Gasteiger partial charge is 0.248 e. The van der Waals surface area contributed by atoms with Gasteiger partial charge in [-0.05, 0) is 47.9 Å². The fraction of sp³-hybridized carbons (Fsp3) is 0.190. The first-order chi connectivity index (χ1) is 12.9. The summed E-state index contributed by atoms with van der Waals surface area (Å²) in [6.07, 6.45) is 3.80. The maximum atomic E-state index is 12.1. The lowest BCUT2D eigenvalue weighted by Crippen LogP contribution is -2.28. The molecule has 138 valence electrons. The average molecular weight is 427 g/mol. The van der Waals surface area contributed by atoms with E-state index in [1.165, 1.54) is 11.0 Å². The Bertz CT molecular complexity index is 904. The summed E-state index contributed by atoms with van der Waals surface area (Å²) in [5.41, 5.74) is 3.55. The van der Waals surface area contributed by atoms with Crippen LogP contribution in [0.25, 0.3) is 6.08 Å².